The molecule has 1 aromatic carbocycles. The van der Waals surface area contributed by atoms with Crippen LogP contribution in [0, 0.1) is 5.41 Å². The van der Waals surface area contributed by atoms with Gasteiger partial charge in [-0.05, 0) is 55.6 Å². The highest BCUT2D eigenvalue weighted by atomic mass is 16.5. The molecule has 0 aliphatic heterocycles. The summed E-state index contributed by atoms with van der Waals surface area (Å²) in [5.41, 5.74) is 9.49. The van der Waals surface area contributed by atoms with E-state index >= 15 is 0 Å². The standard InChI is InChI=1S/C19H31NO/c1-5-15-8-7-9-16(14-15)17(20)19(21-6-2)12-10-18(3,4)11-13-19/h7-9,14,17H,5-6,10-13,20H2,1-4H3. The normalized spacial score (nSPS) is 22.0. The summed E-state index contributed by atoms with van der Waals surface area (Å²) in [6, 6.07) is 8.68. The smallest absolute Gasteiger partial charge is 0.0874 e. The number of ether oxygens (including phenoxy) is 1. The van der Waals surface area contributed by atoms with Crippen molar-refractivity contribution in [1.82, 2.24) is 0 Å². The Morgan fingerprint density at radius 3 is 2.38 bits per heavy atom. The molecule has 2 heteroatoms. The van der Waals surface area contributed by atoms with Crippen LogP contribution in [-0.4, -0.2) is 12.2 Å². The van der Waals surface area contributed by atoms with Crippen LogP contribution in [0.3, 0.4) is 0 Å². The molecule has 0 amide bonds. The van der Waals surface area contributed by atoms with E-state index in [2.05, 4.69) is 52.0 Å². The highest BCUT2D eigenvalue weighted by molar-refractivity contribution is 5.28. The van der Waals surface area contributed by atoms with Crippen LogP contribution < -0.4 is 5.73 Å². The molecule has 1 aliphatic carbocycles. The fourth-order valence-corrected chi connectivity index (χ4v) is 3.49. The third-order valence-corrected chi connectivity index (χ3v) is 5.17. The van der Waals surface area contributed by atoms with Crippen LogP contribution in [0.1, 0.15) is 70.5 Å². The van der Waals surface area contributed by atoms with Crippen LogP contribution in [0.2, 0.25) is 0 Å². The van der Waals surface area contributed by atoms with Crippen LogP contribution in [-0.2, 0) is 11.2 Å². The van der Waals surface area contributed by atoms with Crippen molar-refractivity contribution >= 4 is 0 Å². The summed E-state index contributed by atoms with van der Waals surface area (Å²) in [5.74, 6) is 0. The first-order valence-electron chi connectivity index (χ1n) is 8.41. The number of rotatable bonds is 5. The summed E-state index contributed by atoms with van der Waals surface area (Å²) in [4.78, 5) is 0. The van der Waals surface area contributed by atoms with Gasteiger partial charge >= 0.3 is 0 Å². The van der Waals surface area contributed by atoms with Crippen LogP contribution in [0.5, 0.6) is 0 Å². The third kappa shape index (κ3) is 3.67. The van der Waals surface area contributed by atoms with Gasteiger partial charge in [-0.15, -0.1) is 0 Å². The summed E-state index contributed by atoms with van der Waals surface area (Å²) >= 11 is 0. The SMILES string of the molecule is CCOC1(C(N)c2cccc(CC)c2)CCC(C)(C)CC1. The summed E-state index contributed by atoms with van der Waals surface area (Å²) in [5, 5.41) is 0. The Morgan fingerprint density at radius 2 is 1.81 bits per heavy atom. The second-order valence-electron chi connectivity index (χ2n) is 7.24. The largest absolute Gasteiger partial charge is 0.373 e. The number of benzene rings is 1. The van der Waals surface area contributed by atoms with Gasteiger partial charge in [-0.25, -0.2) is 0 Å². The van der Waals surface area contributed by atoms with Crippen molar-refractivity contribution in [3.05, 3.63) is 35.4 Å². The van der Waals surface area contributed by atoms with E-state index in [4.69, 9.17) is 10.5 Å². The molecule has 0 bridgehead atoms. The molecule has 0 radical (unpaired) electrons. The minimum Gasteiger partial charge on any atom is -0.373 e. The molecule has 2 rings (SSSR count). The molecular formula is C19H31NO. The van der Waals surface area contributed by atoms with E-state index in [-0.39, 0.29) is 11.6 Å². The molecule has 0 heterocycles. The Hall–Kier alpha value is -0.860. The van der Waals surface area contributed by atoms with Crippen molar-refractivity contribution in [2.45, 2.75) is 71.4 Å². The van der Waals surface area contributed by atoms with Crippen molar-refractivity contribution in [2.75, 3.05) is 6.61 Å². The first kappa shape index (κ1) is 16.5. The van der Waals surface area contributed by atoms with Gasteiger partial charge in [0.15, 0.2) is 0 Å². The van der Waals surface area contributed by atoms with Gasteiger partial charge in [0.05, 0.1) is 11.6 Å². The van der Waals surface area contributed by atoms with E-state index in [1.807, 2.05) is 0 Å². The minimum absolute atomic E-state index is 0.0277. The molecular weight excluding hydrogens is 258 g/mol. The molecule has 118 valence electrons. The molecule has 0 aromatic heterocycles. The highest BCUT2D eigenvalue weighted by Crippen LogP contribution is 2.46. The van der Waals surface area contributed by atoms with Gasteiger partial charge < -0.3 is 10.5 Å². The monoisotopic (exact) mass is 289 g/mol. The second-order valence-corrected chi connectivity index (χ2v) is 7.24. The fourth-order valence-electron chi connectivity index (χ4n) is 3.49. The molecule has 0 spiro atoms. The Morgan fingerprint density at radius 1 is 1.14 bits per heavy atom. The molecule has 1 unspecified atom stereocenters. The number of aryl methyl sites for hydroxylation is 1. The predicted octanol–water partition coefficient (Wildman–Crippen LogP) is 4.62. The minimum atomic E-state index is -0.184. The van der Waals surface area contributed by atoms with E-state index in [1.165, 1.54) is 24.0 Å². The third-order valence-electron chi connectivity index (χ3n) is 5.17. The maximum Gasteiger partial charge on any atom is 0.0874 e. The first-order chi connectivity index (χ1) is 9.92. The van der Waals surface area contributed by atoms with Crippen molar-refractivity contribution in [1.29, 1.82) is 0 Å². The Balaban J connectivity index is 2.25. The van der Waals surface area contributed by atoms with E-state index < -0.39 is 0 Å². The number of hydrogen-bond donors (Lipinski definition) is 1. The first-order valence-corrected chi connectivity index (χ1v) is 8.41. The lowest BCUT2D eigenvalue weighted by molar-refractivity contribution is -0.100. The number of hydrogen-bond acceptors (Lipinski definition) is 2. The van der Waals surface area contributed by atoms with Crippen molar-refractivity contribution < 1.29 is 4.74 Å². The van der Waals surface area contributed by atoms with Gasteiger partial charge in [0.2, 0.25) is 0 Å². The van der Waals surface area contributed by atoms with Crippen LogP contribution in [0.15, 0.2) is 24.3 Å². The summed E-state index contributed by atoms with van der Waals surface area (Å²) in [6.07, 6.45) is 5.55. The van der Waals surface area contributed by atoms with Gasteiger partial charge in [-0.3, -0.25) is 0 Å². The van der Waals surface area contributed by atoms with Crippen LogP contribution >= 0.6 is 0 Å². The summed E-state index contributed by atoms with van der Waals surface area (Å²) in [6.45, 7) is 9.71. The summed E-state index contributed by atoms with van der Waals surface area (Å²) in [7, 11) is 0. The fraction of sp³-hybridized carbons (Fsp3) is 0.684. The van der Waals surface area contributed by atoms with Gasteiger partial charge in [-0.2, -0.15) is 0 Å². The molecule has 1 fully saturated rings. The van der Waals surface area contributed by atoms with Gasteiger partial charge in [-0.1, -0.05) is 45.0 Å². The molecule has 2 N–H and O–H groups in total. The Labute approximate surface area is 130 Å². The van der Waals surface area contributed by atoms with Crippen molar-refractivity contribution in [2.24, 2.45) is 11.1 Å². The molecule has 1 atom stereocenters. The molecule has 21 heavy (non-hydrogen) atoms. The summed E-state index contributed by atoms with van der Waals surface area (Å²) < 4.78 is 6.23. The van der Waals surface area contributed by atoms with E-state index in [0.29, 0.717) is 5.41 Å². The maximum absolute atomic E-state index is 6.68. The topological polar surface area (TPSA) is 35.2 Å². The lowest BCUT2D eigenvalue weighted by Crippen LogP contribution is -2.48. The van der Waals surface area contributed by atoms with Gasteiger partial charge in [0, 0.05) is 6.61 Å². The van der Waals surface area contributed by atoms with E-state index in [9.17, 15) is 0 Å². The average molecular weight is 289 g/mol. The molecule has 1 aliphatic rings. The van der Waals surface area contributed by atoms with Crippen LogP contribution in [0.4, 0.5) is 0 Å². The zero-order chi connectivity index (χ0) is 15.5. The Bertz CT molecular complexity index is 456. The van der Waals surface area contributed by atoms with Gasteiger partial charge in [0.25, 0.3) is 0 Å². The van der Waals surface area contributed by atoms with Crippen LogP contribution in [0.25, 0.3) is 0 Å². The van der Waals surface area contributed by atoms with E-state index in [0.717, 1.165) is 25.9 Å². The highest BCUT2D eigenvalue weighted by Gasteiger charge is 2.43. The van der Waals surface area contributed by atoms with Crippen molar-refractivity contribution in [3.8, 4) is 0 Å². The lowest BCUT2D eigenvalue weighted by atomic mass is 9.67. The predicted molar refractivity (Wildman–Crippen MR) is 89.4 cm³/mol. The van der Waals surface area contributed by atoms with Gasteiger partial charge in [0.1, 0.15) is 0 Å². The Kier molecular flexibility index (Phi) is 5.11. The molecule has 1 aromatic rings. The molecule has 1 saturated carbocycles. The van der Waals surface area contributed by atoms with E-state index in [1.54, 1.807) is 0 Å². The quantitative estimate of drug-likeness (QED) is 0.858. The molecule has 0 saturated heterocycles. The number of nitrogens with two attached hydrogens (primary N) is 1. The molecule has 2 nitrogen and oxygen atoms in total. The maximum atomic E-state index is 6.68. The second kappa shape index (κ2) is 6.50. The van der Waals surface area contributed by atoms with Crippen molar-refractivity contribution in [3.63, 3.8) is 0 Å². The lowest BCUT2D eigenvalue weighted by Gasteiger charge is -2.46. The zero-order valence-corrected chi connectivity index (χ0v) is 14.1. The zero-order valence-electron chi connectivity index (χ0n) is 14.1. The average Bonchev–Trinajstić information content (AvgIpc) is 2.49.